The standard InChI is InChI=1S/C12H18F3N3O2/c1-3-16-11-6-9(7-19-2)17-10(18-11)4-5-20-8-12(13,14)15/h6H,3-5,7-8H2,1-2H3,(H,16,17,18). The average Bonchev–Trinajstić information content (AvgIpc) is 2.34. The van der Waals surface area contributed by atoms with Crippen molar-refractivity contribution in [3.8, 4) is 0 Å². The maximum Gasteiger partial charge on any atom is 0.411 e. The van der Waals surface area contributed by atoms with Gasteiger partial charge in [0.2, 0.25) is 0 Å². The highest BCUT2D eigenvalue weighted by Gasteiger charge is 2.27. The minimum atomic E-state index is -4.31. The number of hydrogen-bond donors (Lipinski definition) is 1. The molecular weight excluding hydrogens is 275 g/mol. The zero-order valence-corrected chi connectivity index (χ0v) is 11.5. The number of alkyl halides is 3. The van der Waals surface area contributed by atoms with Crippen LogP contribution in [0.5, 0.6) is 0 Å². The van der Waals surface area contributed by atoms with Crippen LogP contribution in [0.3, 0.4) is 0 Å². The molecular formula is C12H18F3N3O2. The molecule has 0 saturated carbocycles. The second-order valence-corrected chi connectivity index (χ2v) is 4.04. The molecule has 0 unspecified atom stereocenters. The van der Waals surface area contributed by atoms with E-state index in [0.717, 1.165) is 0 Å². The molecule has 0 saturated heterocycles. The molecule has 1 heterocycles. The molecule has 0 radical (unpaired) electrons. The van der Waals surface area contributed by atoms with Gasteiger partial charge >= 0.3 is 6.18 Å². The highest BCUT2D eigenvalue weighted by Crippen LogP contribution is 2.14. The number of methoxy groups -OCH3 is 1. The largest absolute Gasteiger partial charge is 0.411 e. The normalized spacial score (nSPS) is 11.7. The summed E-state index contributed by atoms with van der Waals surface area (Å²) in [7, 11) is 1.54. The molecule has 8 heteroatoms. The maximum atomic E-state index is 11.9. The van der Waals surface area contributed by atoms with E-state index < -0.39 is 12.8 Å². The van der Waals surface area contributed by atoms with Crippen molar-refractivity contribution in [3.05, 3.63) is 17.6 Å². The highest BCUT2D eigenvalue weighted by atomic mass is 19.4. The van der Waals surface area contributed by atoms with Crippen LogP contribution in [0.25, 0.3) is 0 Å². The predicted molar refractivity (Wildman–Crippen MR) is 67.5 cm³/mol. The molecule has 0 aliphatic carbocycles. The van der Waals surface area contributed by atoms with Crippen molar-refractivity contribution < 1.29 is 22.6 Å². The molecule has 0 atom stereocenters. The maximum absolute atomic E-state index is 11.9. The van der Waals surface area contributed by atoms with Crippen molar-refractivity contribution in [2.24, 2.45) is 0 Å². The van der Waals surface area contributed by atoms with Crippen molar-refractivity contribution in [1.29, 1.82) is 0 Å². The van der Waals surface area contributed by atoms with E-state index in [1.165, 1.54) is 0 Å². The van der Waals surface area contributed by atoms with Crippen LogP contribution in [-0.4, -0.2) is 43.0 Å². The van der Waals surface area contributed by atoms with E-state index in [9.17, 15) is 13.2 Å². The van der Waals surface area contributed by atoms with Crippen LogP contribution in [0.2, 0.25) is 0 Å². The van der Waals surface area contributed by atoms with Crippen LogP contribution < -0.4 is 5.32 Å². The third kappa shape index (κ3) is 6.67. The van der Waals surface area contributed by atoms with Crippen LogP contribution in [0, 0.1) is 0 Å². The van der Waals surface area contributed by atoms with Gasteiger partial charge in [-0.05, 0) is 6.92 Å². The number of nitrogens with one attached hydrogen (secondary N) is 1. The first-order valence-corrected chi connectivity index (χ1v) is 6.18. The number of rotatable bonds is 8. The molecule has 0 bridgehead atoms. The molecule has 5 nitrogen and oxygen atoms in total. The molecule has 0 aliphatic heterocycles. The van der Waals surface area contributed by atoms with E-state index in [4.69, 9.17) is 4.74 Å². The average molecular weight is 293 g/mol. The number of ether oxygens (including phenoxy) is 2. The van der Waals surface area contributed by atoms with Crippen molar-refractivity contribution in [3.63, 3.8) is 0 Å². The smallest absolute Gasteiger partial charge is 0.378 e. The summed E-state index contributed by atoms with van der Waals surface area (Å²) in [6.45, 7) is 1.58. The summed E-state index contributed by atoms with van der Waals surface area (Å²) in [6.07, 6.45) is -4.10. The molecule has 1 aromatic heterocycles. The number of aromatic nitrogens is 2. The van der Waals surface area contributed by atoms with Gasteiger partial charge in [-0.25, -0.2) is 9.97 Å². The zero-order chi connectivity index (χ0) is 15.0. The van der Waals surface area contributed by atoms with Gasteiger partial charge < -0.3 is 14.8 Å². The Morgan fingerprint density at radius 3 is 2.65 bits per heavy atom. The van der Waals surface area contributed by atoms with Crippen LogP contribution >= 0.6 is 0 Å². The lowest BCUT2D eigenvalue weighted by Crippen LogP contribution is -2.18. The molecule has 0 aromatic carbocycles. The first-order chi connectivity index (χ1) is 9.44. The number of nitrogens with zero attached hydrogens (tertiary/aromatic N) is 2. The lowest BCUT2D eigenvalue weighted by molar-refractivity contribution is -0.173. The van der Waals surface area contributed by atoms with Crippen LogP contribution in [0.1, 0.15) is 18.4 Å². The van der Waals surface area contributed by atoms with Crippen molar-refractivity contribution >= 4 is 5.82 Å². The fourth-order valence-corrected chi connectivity index (χ4v) is 1.51. The summed E-state index contributed by atoms with van der Waals surface area (Å²) in [6, 6.07) is 1.74. The fraction of sp³-hybridized carbons (Fsp3) is 0.667. The number of anilines is 1. The van der Waals surface area contributed by atoms with E-state index in [1.54, 1.807) is 13.2 Å². The summed E-state index contributed by atoms with van der Waals surface area (Å²) in [5.41, 5.74) is 0.671. The molecule has 1 aromatic rings. The second-order valence-electron chi connectivity index (χ2n) is 4.04. The van der Waals surface area contributed by atoms with Gasteiger partial charge in [0.1, 0.15) is 18.2 Å². The topological polar surface area (TPSA) is 56.3 Å². The monoisotopic (exact) mass is 293 g/mol. The molecule has 114 valence electrons. The SMILES string of the molecule is CCNc1cc(COC)nc(CCOCC(F)(F)F)n1. The van der Waals surface area contributed by atoms with Gasteiger partial charge in [0, 0.05) is 26.1 Å². The van der Waals surface area contributed by atoms with Crippen molar-refractivity contribution in [1.82, 2.24) is 9.97 Å². The van der Waals surface area contributed by atoms with Crippen molar-refractivity contribution in [2.75, 3.05) is 32.2 Å². The lowest BCUT2D eigenvalue weighted by atomic mass is 10.3. The highest BCUT2D eigenvalue weighted by molar-refractivity contribution is 5.35. The first-order valence-electron chi connectivity index (χ1n) is 6.18. The van der Waals surface area contributed by atoms with Gasteiger partial charge in [-0.3, -0.25) is 0 Å². The van der Waals surface area contributed by atoms with Gasteiger partial charge in [-0.15, -0.1) is 0 Å². The number of hydrogen-bond acceptors (Lipinski definition) is 5. The van der Waals surface area contributed by atoms with Gasteiger partial charge in [0.15, 0.2) is 0 Å². The molecule has 0 spiro atoms. The summed E-state index contributed by atoms with van der Waals surface area (Å²) >= 11 is 0. The Labute approximate surface area is 115 Å². The van der Waals surface area contributed by atoms with E-state index in [0.29, 0.717) is 30.5 Å². The van der Waals surface area contributed by atoms with E-state index in [2.05, 4.69) is 20.0 Å². The van der Waals surface area contributed by atoms with Gasteiger partial charge in [0.25, 0.3) is 0 Å². The second kappa shape index (κ2) is 8.01. The summed E-state index contributed by atoms with van der Waals surface area (Å²) in [5, 5.41) is 3.03. The quantitative estimate of drug-likeness (QED) is 0.744. The van der Waals surface area contributed by atoms with Crippen LogP contribution in [-0.2, 0) is 22.5 Å². The summed E-state index contributed by atoms with van der Waals surface area (Å²) in [4.78, 5) is 8.40. The predicted octanol–water partition coefficient (Wildman–Crippen LogP) is 2.18. The van der Waals surface area contributed by atoms with E-state index in [1.807, 2.05) is 6.92 Å². The molecule has 0 amide bonds. The third-order valence-electron chi connectivity index (χ3n) is 2.21. The van der Waals surface area contributed by atoms with Gasteiger partial charge in [-0.1, -0.05) is 0 Å². The minimum absolute atomic E-state index is 0.0818. The van der Waals surface area contributed by atoms with E-state index in [-0.39, 0.29) is 13.0 Å². The molecule has 20 heavy (non-hydrogen) atoms. The third-order valence-corrected chi connectivity index (χ3v) is 2.21. The summed E-state index contributed by atoms with van der Waals surface area (Å²) < 4.78 is 45.3. The Balaban J connectivity index is 2.58. The van der Waals surface area contributed by atoms with Crippen molar-refractivity contribution in [2.45, 2.75) is 26.1 Å². The first kappa shape index (κ1) is 16.6. The Morgan fingerprint density at radius 1 is 1.30 bits per heavy atom. The molecule has 0 fully saturated rings. The lowest BCUT2D eigenvalue weighted by Gasteiger charge is -2.10. The Hall–Kier alpha value is -1.41. The Kier molecular flexibility index (Phi) is 6.66. The minimum Gasteiger partial charge on any atom is -0.378 e. The van der Waals surface area contributed by atoms with Gasteiger partial charge in [-0.2, -0.15) is 13.2 Å². The summed E-state index contributed by atoms with van der Waals surface area (Å²) in [5.74, 6) is 1.05. The Bertz CT molecular complexity index is 389. The zero-order valence-electron chi connectivity index (χ0n) is 11.5. The molecule has 1 rings (SSSR count). The van der Waals surface area contributed by atoms with E-state index >= 15 is 0 Å². The van der Waals surface area contributed by atoms with Crippen LogP contribution in [0.15, 0.2) is 6.07 Å². The molecule has 1 N–H and O–H groups in total. The number of halogens is 3. The Morgan fingerprint density at radius 2 is 2.05 bits per heavy atom. The molecule has 0 aliphatic rings. The van der Waals surface area contributed by atoms with Crippen LogP contribution in [0.4, 0.5) is 19.0 Å². The van der Waals surface area contributed by atoms with Gasteiger partial charge in [0.05, 0.1) is 18.9 Å². The fourth-order valence-electron chi connectivity index (χ4n) is 1.51.